The summed E-state index contributed by atoms with van der Waals surface area (Å²) < 4.78 is 12.4. The Bertz CT molecular complexity index is 820. The number of nitrogens with zero attached hydrogens (tertiary/aromatic N) is 3. The molecule has 0 fully saturated rings. The van der Waals surface area contributed by atoms with E-state index in [2.05, 4.69) is 10.1 Å². The van der Waals surface area contributed by atoms with Gasteiger partial charge in [-0.25, -0.2) is 14.5 Å². The largest absolute Gasteiger partial charge is 0.490 e. The van der Waals surface area contributed by atoms with Crippen molar-refractivity contribution in [1.82, 2.24) is 14.8 Å². The quantitative estimate of drug-likeness (QED) is 0.480. The molecule has 3 rings (SSSR count). The number of halogens is 1. The third kappa shape index (κ3) is 5.06. The lowest BCUT2D eigenvalue weighted by molar-refractivity contribution is 0.0450. The predicted molar refractivity (Wildman–Crippen MR) is 92.8 cm³/mol. The summed E-state index contributed by atoms with van der Waals surface area (Å²) >= 11 is 5.87. The number of benzene rings is 2. The molecule has 0 radical (unpaired) electrons. The smallest absolute Gasteiger partial charge is 0.338 e. The van der Waals surface area contributed by atoms with Crippen molar-refractivity contribution >= 4 is 17.6 Å². The van der Waals surface area contributed by atoms with Gasteiger partial charge in [-0.1, -0.05) is 29.8 Å². The molecule has 1 heterocycles. The summed E-state index contributed by atoms with van der Waals surface area (Å²) in [4.78, 5) is 15.9. The highest BCUT2D eigenvalue weighted by molar-refractivity contribution is 6.30. The number of hydrogen-bond donors (Lipinski definition) is 0. The minimum Gasteiger partial charge on any atom is -0.490 e. The van der Waals surface area contributed by atoms with Gasteiger partial charge in [-0.2, -0.15) is 5.10 Å². The average Bonchev–Trinajstić information content (AvgIpc) is 3.12. The molecule has 128 valence electrons. The highest BCUT2D eigenvalue weighted by atomic mass is 35.5. The van der Waals surface area contributed by atoms with Crippen molar-refractivity contribution in [2.75, 3.05) is 13.2 Å². The summed E-state index contributed by atoms with van der Waals surface area (Å²) in [7, 11) is 0. The number of carbonyl (C=O) groups is 1. The van der Waals surface area contributed by atoms with E-state index in [0.29, 0.717) is 22.9 Å². The van der Waals surface area contributed by atoms with Gasteiger partial charge in [-0.05, 0) is 35.9 Å². The summed E-state index contributed by atoms with van der Waals surface area (Å²) in [6, 6.07) is 14.2. The van der Waals surface area contributed by atoms with Crippen molar-refractivity contribution in [2.24, 2.45) is 0 Å². The third-order valence-electron chi connectivity index (χ3n) is 3.38. The van der Waals surface area contributed by atoms with Crippen LogP contribution in [0.5, 0.6) is 5.75 Å². The van der Waals surface area contributed by atoms with Gasteiger partial charge in [0.2, 0.25) is 0 Å². The zero-order valence-corrected chi connectivity index (χ0v) is 14.1. The molecule has 0 spiro atoms. The SMILES string of the molecule is O=C(OCCOc1cccc(Cl)c1)c1ccc(Cn2cncn2)cc1. The highest BCUT2D eigenvalue weighted by Gasteiger charge is 2.07. The van der Waals surface area contributed by atoms with Crippen molar-refractivity contribution in [2.45, 2.75) is 6.54 Å². The molecule has 0 bridgehead atoms. The first kappa shape index (κ1) is 17.0. The molecule has 0 aliphatic rings. The second kappa shape index (κ2) is 8.30. The Morgan fingerprint density at radius 1 is 1.12 bits per heavy atom. The molecule has 25 heavy (non-hydrogen) atoms. The van der Waals surface area contributed by atoms with Gasteiger partial charge in [0.05, 0.1) is 12.1 Å². The molecule has 0 saturated carbocycles. The molecule has 3 aromatic rings. The summed E-state index contributed by atoms with van der Waals surface area (Å²) in [6.45, 7) is 1.02. The minimum absolute atomic E-state index is 0.159. The van der Waals surface area contributed by atoms with E-state index >= 15 is 0 Å². The molecule has 1 aromatic heterocycles. The molecule has 0 N–H and O–H groups in total. The second-order valence-corrected chi connectivity index (χ2v) is 5.67. The number of rotatable bonds is 7. The number of hydrogen-bond acceptors (Lipinski definition) is 5. The van der Waals surface area contributed by atoms with Crippen LogP contribution in [0.3, 0.4) is 0 Å². The first-order valence-corrected chi connectivity index (χ1v) is 8.05. The maximum absolute atomic E-state index is 12.0. The molecule has 0 unspecified atom stereocenters. The number of esters is 1. The summed E-state index contributed by atoms with van der Waals surface area (Å²) in [5.74, 6) is 0.253. The minimum atomic E-state index is -0.387. The first-order chi connectivity index (χ1) is 12.2. The van der Waals surface area contributed by atoms with Crippen LogP contribution < -0.4 is 4.74 Å². The van der Waals surface area contributed by atoms with E-state index in [9.17, 15) is 4.79 Å². The summed E-state index contributed by atoms with van der Waals surface area (Å²) in [6.07, 6.45) is 3.12. The third-order valence-corrected chi connectivity index (χ3v) is 3.62. The Labute approximate surface area is 150 Å². The zero-order valence-electron chi connectivity index (χ0n) is 13.3. The Morgan fingerprint density at radius 3 is 2.68 bits per heavy atom. The van der Waals surface area contributed by atoms with Crippen molar-refractivity contribution in [3.8, 4) is 5.75 Å². The van der Waals surface area contributed by atoms with Crippen LogP contribution in [0.1, 0.15) is 15.9 Å². The zero-order chi connectivity index (χ0) is 17.5. The van der Waals surface area contributed by atoms with E-state index in [1.54, 1.807) is 47.4 Å². The van der Waals surface area contributed by atoms with Crippen molar-refractivity contribution in [1.29, 1.82) is 0 Å². The molecule has 7 heteroatoms. The molecule has 0 aliphatic carbocycles. The van der Waals surface area contributed by atoms with Gasteiger partial charge in [0.25, 0.3) is 0 Å². The van der Waals surface area contributed by atoms with Crippen LogP contribution in [0.15, 0.2) is 61.2 Å². The van der Waals surface area contributed by atoms with Crippen LogP contribution in [0.25, 0.3) is 0 Å². The van der Waals surface area contributed by atoms with Crippen molar-refractivity contribution in [3.63, 3.8) is 0 Å². The number of ether oxygens (including phenoxy) is 2. The molecular weight excluding hydrogens is 342 g/mol. The topological polar surface area (TPSA) is 66.2 Å². The molecule has 6 nitrogen and oxygen atoms in total. The molecule has 0 aliphatic heterocycles. The van der Waals surface area contributed by atoms with E-state index in [0.717, 1.165) is 5.56 Å². The lowest BCUT2D eigenvalue weighted by atomic mass is 10.1. The van der Waals surface area contributed by atoms with Crippen LogP contribution in [-0.2, 0) is 11.3 Å². The van der Waals surface area contributed by atoms with E-state index in [4.69, 9.17) is 21.1 Å². The van der Waals surface area contributed by atoms with E-state index in [1.165, 1.54) is 6.33 Å². The molecule has 0 amide bonds. The summed E-state index contributed by atoms with van der Waals surface area (Å²) in [5, 5.41) is 4.64. The monoisotopic (exact) mass is 357 g/mol. The summed E-state index contributed by atoms with van der Waals surface area (Å²) in [5.41, 5.74) is 1.51. The van der Waals surface area contributed by atoms with Crippen LogP contribution >= 0.6 is 11.6 Å². The van der Waals surface area contributed by atoms with E-state index in [-0.39, 0.29) is 19.2 Å². The van der Waals surface area contributed by atoms with Gasteiger partial charge in [0.15, 0.2) is 0 Å². The molecule has 0 saturated heterocycles. The molecule has 2 aromatic carbocycles. The maximum atomic E-state index is 12.0. The van der Waals surface area contributed by atoms with Crippen LogP contribution in [-0.4, -0.2) is 33.9 Å². The number of carbonyl (C=O) groups excluding carboxylic acids is 1. The Morgan fingerprint density at radius 2 is 1.96 bits per heavy atom. The van der Waals surface area contributed by atoms with Crippen LogP contribution in [0, 0.1) is 0 Å². The van der Waals surface area contributed by atoms with Crippen LogP contribution in [0.4, 0.5) is 0 Å². The van der Waals surface area contributed by atoms with Crippen LogP contribution in [0.2, 0.25) is 5.02 Å². The fourth-order valence-electron chi connectivity index (χ4n) is 2.18. The average molecular weight is 358 g/mol. The lowest BCUT2D eigenvalue weighted by Crippen LogP contribution is -2.12. The molecular formula is C18H16ClN3O3. The van der Waals surface area contributed by atoms with Gasteiger partial charge in [0.1, 0.15) is 31.6 Å². The second-order valence-electron chi connectivity index (χ2n) is 5.23. The van der Waals surface area contributed by atoms with Crippen molar-refractivity contribution < 1.29 is 14.3 Å². The van der Waals surface area contributed by atoms with E-state index < -0.39 is 0 Å². The lowest BCUT2D eigenvalue weighted by Gasteiger charge is -2.08. The van der Waals surface area contributed by atoms with Gasteiger partial charge in [-0.3, -0.25) is 0 Å². The van der Waals surface area contributed by atoms with Gasteiger partial charge in [0, 0.05) is 5.02 Å². The predicted octanol–water partition coefficient (Wildman–Crippen LogP) is 3.22. The standard InChI is InChI=1S/C18H16ClN3O3/c19-16-2-1-3-17(10-16)24-8-9-25-18(23)15-6-4-14(5-7-15)11-22-13-20-12-21-22/h1-7,10,12-13H,8-9,11H2. The van der Waals surface area contributed by atoms with Crippen molar-refractivity contribution in [3.05, 3.63) is 77.3 Å². The van der Waals surface area contributed by atoms with E-state index in [1.807, 2.05) is 12.1 Å². The Balaban J connectivity index is 1.45. The highest BCUT2D eigenvalue weighted by Crippen LogP contribution is 2.16. The molecule has 0 atom stereocenters. The fourth-order valence-corrected chi connectivity index (χ4v) is 2.36. The first-order valence-electron chi connectivity index (χ1n) is 7.67. The Kier molecular flexibility index (Phi) is 5.64. The fraction of sp³-hybridized carbons (Fsp3) is 0.167. The van der Waals surface area contributed by atoms with Gasteiger partial charge >= 0.3 is 5.97 Å². The maximum Gasteiger partial charge on any atom is 0.338 e. The normalized spacial score (nSPS) is 10.4. The van der Waals surface area contributed by atoms with Gasteiger partial charge in [-0.15, -0.1) is 0 Å². The van der Waals surface area contributed by atoms with Gasteiger partial charge < -0.3 is 9.47 Å². The Hall–Kier alpha value is -2.86. The number of aromatic nitrogens is 3.